The highest BCUT2D eigenvalue weighted by Crippen LogP contribution is 2.27. The number of likely N-dealkylation sites (N-methyl/N-ethyl adjacent to an activating group) is 1. The molecule has 0 unspecified atom stereocenters. The molecule has 5 heteroatoms. The Labute approximate surface area is 164 Å². The monoisotopic (exact) mass is 369 g/mol. The summed E-state index contributed by atoms with van der Waals surface area (Å²) in [5.74, 6) is 0. The maximum Gasteiger partial charge on any atom is 0.137 e. The lowest BCUT2D eigenvalue weighted by molar-refractivity contribution is 0.313. The van der Waals surface area contributed by atoms with Crippen molar-refractivity contribution in [2.75, 3.05) is 38.1 Å². The molecule has 0 aliphatic carbocycles. The highest BCUT2D eigenvalue weighted by molar-refractivity contribution is 5.72. The summed E-state index contributed by atoms with van der Waals surface area (Å²) in [7, 11) is 2.19. The van der Waals surface area contributed by atoms with E-state index in [2.05, 4.69) is 79.9 Å². The van der Waals surface area contributed by atoms with Crippen molar-refractivity contribution in [3.63, 3.8) is 0 Å². The van der Waals surface area contributed by atoms with Gasteiger partial charge in [-0.05, 0) is 54.6 Å². The molecule has 4 aromatic rings. The van der Waals surface area contributed by atoms with Gasteiger partial charge < -0.3 is 9.80 Å². The van der Waals surface area contributed by atoms with Gasteiger partial charge in [0.1, 0.15) is 5.65 Å². The molecule has 1 fully saturated rings. The third-order valence-electron chi connectivity index (χ3n) is 5.54. The fourth-order valence-corrected chi connectivity index (χ4v) is 3.82. The molecule has 28 heavy (non-hydrogen) atoms. The Morgan fingerprint density at radius 3 is 2.39 bits per heavy atom. The lowest BCUT2D eigenvalue weighted by Crippen LogP contribution is -2.44. The quantitative estimate of drug-likeness (QED) is 0.550. The zero-order valence-electron chi connectivity index (χ0n) is 16.0. The maximum atomic E-state index is 4.60. The van der Waals surface area contributed by atoms with E-state index < -0.39 is 0 Å². The van der Waals surface area contributed by atoms with Gasteiger partial charge in [-0.3, -0.25) is 9.38 Å². The van der Waals surface area contributed by atoms with Crippen LogP contribution in [0.1, 0.15) is 0 Å². The molecule has 5 nitrogen and oxygen atoms in total. The molecule has 0 saturated carbocycles. The van der Waals surface area contributed by atoms with Gasteiger partial charge in [-0.25, -0.2) is 4.98 Å². The maximum absolute atomic E-state index is 4.60. The second-order valence-electron chi connectivity index (χ2n) is 7.37. The molecule has 1 saturated heterocycles. The second-order valence-corrected chi connectivity index (χ2v) is 7.37. The summed E-state index contributed by atoms with van der Waals surface area (Å²) in [4.78, 5) is 13.7. The molecule has 3 aromatic heterocycles. The molecule has 0 bridgehead atoms. The first kappa shape index (κ1) is 17.0. The highest BCUT2D eigenvalue weighted by atomic mass is 15.2. The Morgan fingerprint density at radius 2 is 1.64 bits per heavy atom. The number of hydrogen-bond acceptors (Lipinski definition) is 4. The molecular weight excluding hydrogens is 346 g/mol. The zero-order valence-corrected chi connectivity index (χ0v) is 16.0. The Bertz CT molecular complexity index is 1080. The van der Waals surface area contributed by atoms with Gasteiger partial charge >= 0.3 is 0 Å². The van der Waals surface area contributed by atoms with Gasteiger partial charge in [-0.15, -0.1) is 0 Å². The Balaban J connectivity index is 1.42. The first-order chi connectivity index (χ1) is 13.8. The molecule has 0 N–H and O–H groups in total. The molecule has 0 radical (unpaired) electrons. The third-order valence-corrected chi connectivity index (χ3v) is 5.54. The van der Waals surface area contributed by atoms with Crippen LogP contribution in [0.2, 0.25) is 0 Å². The molecule has 5 rings (SSSR count). The zero-order chi connectivity index (χ0) is 18.9. The standard InChI is InChI=1S/C23H23N5/c1-26-11-13-27(14-12-26)21-6-4-18(5-7-21)19-8-10-28-22(17-25-23(28)15-19)20-3-2-9-24-16-20/h2-10,15-17H,11-14H2,1H3. The van der Waals surface area contributed by atoms with Crippen LogP contribution >= 0.6 is 0 Å². The second kappa shape index (κ2) is 7.09. The van der Waals surface area contributed by atoms with Crippen LogP contribution < -0.4 is 4.90 Å². The van der Waals surface area contributed by atoms with Crippen molar-refractivity contribution in [1.29, 1.82) is 0 Å². The fourth-order valence-electron chi connectivity index (χ4n) is 3.82. The van der Waals surface area contributed by atoms with Gasteiger partial charge in [0.2, 0.25) is 0 Å². The number of pyridine rings is 2. The van der Waals surface area contributed by atoms with Crippen LogP contribution in [0, 0.1) is 0 Å². The third kappa shape index (κ3) is 3.14. The van der Waals surface area contributed by atoms with Gasteiger partial charge in [0.15, 0.2) is 0 Å². The SMILES string of the molecule is CN1CCN(c2ccc(-c3ccn4c(-c5cccnc5)cnc4c3)cc2)CC1. The van der Waals surface area contributed by atoms with E-state index in [9.17, 15) is 0 Å². The summed E-state index contributed by atoms with van der Waals surface area (Å²) in [5, 5.41) is 0. The number of anilines is 1. The Kier molecular flexibility index (Phi) is 4.29. The van der Waals surface area contributed by atoms with Crippen LogP contribution in [-0.4, -0.2) is 52.5 Å². The summed E-state index contributed by atoms with van der Waals surface area (Å²) in [6.07, 6.45) is 7.66. The molecular formula is C23H23N5. The van der Waals surface area contributed by atoms with Gasteiger partial charge in [0.05, 0.1) is 11.9 Å². The first-order valence-electron chi connectivity index (χ1n) is 9.69. The number of imidazole rings is 1. The normalized spacial score (nSPS) is 15.2. The fraction of sp³-hybridized carbons (Fsp3) is 0.217. The number of benzene rings is 1. The van der Waals surface area contributed by atoms with Crippen LogP contribution in [-0.2, 0) is 0 Å². The molecule has 0 spiro atoms. The van der Waals surface area contributed by atoms with E-state index in [-0.39, 0.29) is 0 Å². The van der Waals surface area contributed by atoms with Gasteiger partial charge in [0, 0.05) is 56.0 Å². The van der Waals surface area contributed by atoms with Crippen molar-refractivity contribution in [3.8, 4) is 22.4 Å². The summed E-state index contributed by atoms with van der Waals surface area (Å²) >= 11 is 0. The lowest BCUT2D eigenvalue weighted by Gasteiger charge is -2.34. The van der Waals surface area contributed by atoms with E-state index in [0.29, 0.717) is 0 Å². The van der Waals surface area contributed by atoms with Crippen LogP contribution in [0.15, 0.2) is 73.3 Å². The molecule has 1 aliphatic rings. The van der Waals surface area contributed by atoms with E-state index in [0.717, 1.165) is 43.1 Å². The van der Waals surface area contributed by atoms with E-state index in [1.54, 1.807) is 6.20 Å². The summed E-state index contributed by atoms with van der Waals surface area (Å²) in [6, 6.07) is 17.2. The van der Waals surface area contributed by atoms with Crippen LogP contribution in [0.25, 0.3) is 28.0 Å². The Hall–Kier alpha value is -3.18. The van der Waals surface area contributed by atoms with E-state index in [1.165, 1.54) is 16.8 Å². The number of aromatic nitrogens is 3. The molecule has 0 amide bonds. The van der Waals surface area contributed by atoms with Gasteiger partial charge in [-0.2, -0.15) is 0 Å². The molecule has 0 atom stereocenters. The van der Waals surface area contributed by atoms with Crippen LogP contribution in [0.5, 0.6) is 0 Å². The number of hydrogen-bond donors (Lipinski definition) is 0. The highest BCUT2D eigenvalue weighted by Gasteiger charge is 2.14. The van der Waals surface area contributed by atoms with Gasteiger partial charge in [-0.1, -0.05) is 12.1 Å². The number of nitrogens with zero attached hydrogens (tertiary/aromatic N) is 5. The average Bonchev–Trinajstić information content (AvgIpc) is 3.18. The number of piperazine rings is 1. The number of fused-ring (bicyclic) bond motifs is 1. The van der Waals surface area contributed by atoms with E-state index in [1.807, 2.05) is 18.5 Å². The molecule has 1 aliphatic heterocycles. The Morgan fingerprint density at radius 1 is 0.821 bits per heavy atom. The first-order valence-corrected chi connectivity index (χ1v) is 9.69. The minimum atomic E-state index is 0.944. The largest absolute Gasteiger partial charge is 0.369 e. The van der Waals surface area contributed by atoms with Crippen molar-refractivity contribution < 1.29 is 0 Å². The summed E-state index contributed by atoms with van der Waals surface area (Å²) < 4.78 is 2.11. The summed E-state index contributed by atoms with van der Waals surface area (Å²) in [5.41, 5.74) is 6.77. The van der Waals surface area contributed by atoms with Crippen molar-refractivity contribution in [1.82, 2.24) is 19.3 Å². The average molecular weight is 369 g/mol. The van der Waals surface area contributed by atoms with Crippen molar-refractivity contribution in [2.24, 2.45) is 0 Å². The molecule has 1 aromatic carbocycles. The predicted octanol–water partition coefficient (Wildman–Crippen LogP) is 3.82. The molecule has 4 heterocycles. The van der Waals surface area contributed by atoms with Gasteiger partial charge in [0.25, 0.3) is 0 Å². The van der Waals surface area contributed by atoms with Crippen LogP contribution in [0.3, 0.4) is 0 Å². The summed E-state index contributed by atoms with van der Waals surface area (Å²) in [6.45, 7) is 4.43. The van der Waals surface area contributed by atoms with Crippen molar-refractivity contribution in [2.45, 2.75) is 0 Å². The number of rotatable bonds is 3. The van der Waals surface area contributed by atoms with E-state index in [4.69, 9.17) is 0 Å². The molecule has 140 valence electrons. The topological polar surface area (TPSA) is 36.7 Å². The smallest absolute Gasteiger partial charge is 0.137 e. The van der Waals surface area contributed by atoms with Crippen LogP contribution in [0.4, 0.5) is 5.69 Å². The van der Waals surface area contributed by atoms with E-state index >= 15 is 0 Å². The van der Waals surface area contributed by atoms with Crippen molar-refractivity contribution >= 4 is 11.3 Å². The van der Waals surface area contributed by atoms with Crippen molar-refractivity contribution in [3.05, 3.63) is 73.3 Å². The lowest BCUT2D eigenvalue weighted by atomic mass is 10.1. The minimum absolute atomic E-state index is 0.944. The minimum Gasteiger partial charge on any atom is -0.369 e. The predicted molar refractivity (Wildman–Crippen MR) is 114 cm³/mol.